The van der Waals surface area contributed by atoms with E-state index in [0.29, 0.717) is 5.75 Å². The van der Waals surface area contributed by atoms with Gasteiger partial charge in [0.25, 0.3) is 0 Å². The average molecular weight is 343 g/mol. The Morgan fingerprint density at radius 3 is 2.50 bits per heavy atom. The molecule has 2 aromatic rings. The Balaban J connectivity index is 1.79. The first-order chi connectivity index (χ1) is 11.5. The fraction of sp³-hybridized carbons (Fsp3) is 0.350. The Hall–Kier alpha value is -1.94. The molecular weight excluding hydrogens is 318 g/mol. The molecule has 0 aliphatic heterocycles. The average Bonchev–Trinajstić information content (AvgIpc) is 2.55. The van der Waals surface area contributed by atoms with E-state index < -0.39 is 0 Å². The van der Waals surface area contributed by atoms with E-state index in [0.717, 1.165) is 11.5 Å². The van der Waals surface area contributed by atoms with Crippen LogP contribution in [0.5, 0.6) is 5.75 Å². The van der Waals surface area contributed by atoms with Gasteiger partial charge in [-0.15, -0.1) is 11.8 Å². The van der Waals surface area contributed by atoms with E-state index in [4.69, 9.17) is 4.74 Å². The van der Waals surface area contributed by atoms with Crippen molar-refractivity contribution >= 4 is 17.7 Å². The number of thioether (sulfide) groups is 1. The van der Waals surface area contributed by atoms with Crippen molar-refractivity contribution < 1.29 is 9.53 Å². The molecule has 2 aromatic carbocycles. The molecule has 0 spiro atoms. The SMILES string of the molecule is COc1ccc(CSCC(=O)NC(C)c2ccc(C)cc2C)cc1. The maximum Gasteiger partial charge on any atom is 0.230 e. The zero-order valence-corrected chi connectivity index (χ0v) is 15.6. The predicted octanol–water partition coefficient (Wildman–Crippen LogP) is 4.42. The maximum absolute atomic E-state index is 12.1. The van der Waals surface area contributed by atoms with Crippen molar-refractivity contribution in [1.29, 1.82) is 0 Å². The van der Waals surface area contributed by atoms with Crippen LogP contribution in [-0.2, 0) is 10.5 Å². The summed E-state index contributed by atoms with van der Waals surface area (Å²) < 4.78 is 5.14. The molecule has 3 nitrogen and oxygen atoms in total. The first kappa shape index (κ1) is 18.4. The lowest BCUT2D eigenvalue weighted by Crippen LogP contribution is -2.28. The Kier molecular flexibility index (Phi) is 6.73. The summed E-state index contributed by atoms with van der Waals surface area (Å²) >= 11 is 1.62. The molecule has 0 saturated heterocycles. The minimum atomic E-state index is 0.0275. The highest BCUT2D eigenvalue weighted by molar-refractivity contribution is 7.99. The lowest BCUT2D eigenvalue weighted by molar-refractivity contribution is -0.119. The number of carbonyl (C=O) groups excluding carboxylic acids is 1. The molecule has 0 heterocycles. The number of ether oxygens (including phenoxy) is 1. The summed E-state index contributed by atoms with van der Waals surface area (Å²) in [6.45, 7) is 6.20. The van der Waals surface area contributed by atoms with Gasteiger partial charge in [0.1, 0.15) is 5.75 Å². The van der Waals surface area contributed by atoms with Crippen LogP contribution in [0.3, 0.4) is 0 Å². The summed E-state index contributed by atoms with van der Waals surface area (Å²) in [7, 11) is 1.66. The highest BCUT2D eigenvalue weighted by Gasteiger charge is 2.11. The van der Waals surface area contributed by atoms with E-state index >= 15 is 0 Å². The Labute approximate surface area is 148 Å². The Morgan fingerprint density at radius 2 is 1.88 bits per heavy atom. The lowest BCUT2D eigenvalue weighted by atomic mass is 10.0. The van der Waals surface area contributed by atoms with Crippen molar-refractivity contribution in [3.63, 3.8) is 0 Å². The van der Waals surface area contributed by atoms with E-state index in [9.17, 15) is 4.79 Å². The van der Waals surface area contributed by atoms with Crippen molar-refractivity contribution in [3.05, 3.63) is 64.7 Å². The molecule has 0 saturated carbocycles. The van der Waals surface area contributed by atoms with Gasteiger partial charge in [0.15, 0.2) is 0 Å². The number of aryl methyl sites for hydroxylation is 2. The third kappa shape index (κ3) is 5.31. The summed E-state index contributed by atoms with van der Waals surface area (Å²) in [6.07, 6.45) is 0. The van der Waals surface area contributed by atoms with Crippen LogP contribution in [0.2, 0.25) is 0 Å². The Bertz CT molecular complexity index is 683. The number of methoxy groups -OCH3 is 1. The number of hydrogen-bond donors (Lipinski definition) is 1. The molecule has 24 heavy (non-hydrogen) atoms. The third-order valence-corrected chi connectivity index (χ3v) is 4.93. The van der Waals surface area contributed by atoms with Crippen molar-refractivity contribution in [2.75, 3.05) is 12.9 Å². The summed E-state index contributed by atoms with van der Waals surface area (Å²) in [5, 5.41) is 3.08. The minimum absolute atomic E-state index is 0.0275. The van der Waals surface area contributed by atoms with E-state index in [1.165, 1.54) is 22.3 Å². The number of carbonyl (C=O) groups is 1. The van der Waals surface area contributed by atoms with Gasteiger partial charge in [0, 0.05) is 5.75 Å². The van der Waals surface area contributed by atoms with E-state index in [-0.39, 0.29) is 11.9 Å². The molecule has 0 aliphatic carbocycles. The van der Waals surface area contributed by atoms with Crippen LogP contribution in [0.25, 0.3) is 0 Å². The quantitative estimate of drug-likeness (QED) is 0.808. The molecule has 128 valence electrons. The zero-order chi connectivity index (χ0) is 17.5. The number of hydrogen-bond acceptors (Lipinski definition) is 3. The molecule has 1 unspecified atom stereocenters. The molecule has 2 rings (SSSR count). The molecule has 0 bridgehead atoms. The highest BCUT2D eigenvalue weighted by Crippen LogP contribution is 2.20. The van der Waals surface area contributed by atoms with E-state index in [1.807, 2.05) is 31.2 Å². The number of benzene rings is 2. The van der Waals surface area contributed by atoms with Crippen LogP contribution in [0.4, 0.5) is 0 Å². The van der Waals surface area contributed by atoms with E-state index in [2.05, 4.69) is 37.4 Å². The number of nitrogens with one attached hydrogen (secondary N) is 1. The zero-order valence-electron chi connectivity index (χ0n) is 14.8. The second-order valence-electron chi connectivity index (χ2n) is 5.99. The molecular formula is C20H25NO2S. The summed E-state index contributed by atoms with van der Waals surface area (Å²) in [5.41, 5.74) is 4.82. The van der Waals surface area contributed by atoms with Gasteiger partial charge in [-0.3, -0.25) is 4.79 Å². The molecule has 1 amide bonds. The number of amides is 1. The summed E-state index contributed by atoms with van der Waals surface area (Å²) in [6, 6.07) is 14.3. The molecule has 1 N–H and O–H groups in total. The van der Waals surface area contributed by atoms with Gasteiger partial charge in [-0.1, -0.05) is 35.9 Å². The molecule has 0 radical (unpaired) electrons. The van der Waals surface area contributed by atoms with Gasteiger partial charge in [0.2, 0.25) is 5.91 Å². The predicted molar refractivity (Wildman–Crippen MR) is 102 cm³/mol. The molecule has 1 atom stereocenters. The maximum atomic E-state index is 12.1. The Morgan fingerprint density at radius 1 is 1.17 bits per heavy atom. The largest absolute Gasteiger partial charge is 0.497 e. The second kappa shape index (κ2) is 8.78. The fourth-order valence-electron chi connectivity index (χ4n) is 2.66. The first-order valence-electron chi connectivity index (χ1n) is 8.07. The van der Waals surface area contributed by atoms with Gasteiger partial charge in [-0.05, 0) is 49.6 Å². The van der Waals surface area contributed by atoms with Crippen molar-refractivity contribution in [2.24, 2.45) is 0 Å². The van der Waals surface area contributed by atoms with Gasteiger partial charge in [0.05, 0.1) is 18.9 Å². The first-order valence-corrected chi connectivity index (χ1v) is 9.22. The third-order valence-electron chi connectivity index (χ3n) is 3.93. The van der Waals surface area contributed by atoms with Crippen molar-refractivity contribution in [3.8, 4) is 5.75 Å². The van der Waals surface area contributed by atoms with Gasteiger partial charge >= 0.3 is 0 Å². The topological polar surface area (TPSA) is 38.3 Å². The summed E-state index contributed by atoms with van der Waals surface area (Å²) in [5.74, 6) is 2.20. The van der Waals surface area contributed by atoms with Crippen LogP contribution >= 0.6 is 11.8 Å². The second-order valence-corrected chi connectivity index (χ2v) is 6.98. The summed E-state index contributed by atoms with van der Waals surface area (Å²) in [4.78, 5) is 12.1. The van der Waals surface area contributed by atoms with Crippen LogP contribution in [0.1, 0.15) is 35.2 Å². The van der Waals surface area contributed by atoms with Crippen LogP contribution < -0.4 is 10.1 Å². The number of rotatable bonds is 7. The van der Waals surface area contributed by atoms with Gasteiger partial charge < -0.3 is 10.1 Å². The molecule has 4 heteroatoms. The minimum Gasteiger partial charge on any atom is -0.497 e. The van der Waals surface area contributed by atoms with Crippen LogP contribution in [-0.4, -0.2) is 18.8 Å². The molecule has 0 fully saturated rings. The standard InChI is InChI=1S/C20H25NO2S/c1-14-5-10-19(15(2)11-14)16(3)21-20(22)13-24-12-17-6-8-18(23-4)9-7-17/h5-11,16H,12-13H2,1-4H3,(H,21,22). The van der Waals surface area contributed by atoms with Gasteiger partial charge in [-0.2, -0.15) is 0 Å². The molecule has 0 aliphatic rings. The van der Waals surface area contributed by atoms with Crippen LogP contribution in [0.15, 0.2) is 42.5 Å². The van der Waals surface area contributed by atoms with Crippen molar-refractivity contribution in [2.45, 2.75) is 32.6 Å². The molecule has 0 aromatic heterocycles. The fourth-order valence-corrected chi connectivity index (χ4v) is 3.45. The smallest absolute Gasteiger partial charge is 0.230 e. The van der Waals surface area contributed by atoms with Crippen molar-refractivity contribution in [1.82, 2.24) is 5.32 Å². The van der Waals surface area contributed by atoms with Gasteiger partial charge in [-0.25, -0.2) is 0 Å². The monoisotopic (exact) mass is 343 g/mol. The van der Waals surface area contributed by atoms with Crippen LogP contribution in [0, 0.1) is 13.8 Å². The lowest BCUT2D eigenvalue weighted by Gasteiger charge is -2.17. The normalized spacial score (nSPS) is 11.8. The highest BCUT2D eigenvalue weighted by atomic mass is 32.2. The van der Waals surface area contributed by atoms with E-state index in [1.54, 1.807) is 18.9 Å².